The lowest BCUT2D eigenvalue weighted by Crippen LogP contribution is -2.38. The van der Waals surface area contributed by atoms with Gasteiger partial charge in [-0.15, -0.1) is 11.3 Å². The van der Waals surface area contributed by atoms with E-state index in [9.17, 15) is 18.0 Å². The van der Waals surface area contributed by atoms with Crippen LogP contribution in [0.2, 0.25) is 5.02 Å². The van der Waals surface area contributed by atoms with Crippen molar-refractivity contribution in [2.24, 2.45) is 0 Å². The van der Waals surface area contributed by atoms with Gasteiger partial charge in [0.05, 0.1) is 35.5 Å². The normalized spacial score (nSPS) is 14.1. The van der Waals surface area contributed by atoms with Gasteiger partial charge in [0.25, 0.3) is 5.56 Å². The highest BCUT2D eigenvalue weighted by Crippen LogP contribution is 2.32. The first-order valence-corrected chi connectivity index (χ1v) is 14.3. The van der Waals surface area contributed by atoms with Gasteiger partial charge in [0.1, 0.15) is 11.0 Å². The molecule has 226 valence electrons. The maximum atomic E-state index is 13.4. The van der Waals surface area contributed by atoms with Crippen LogP contribution < -0.4 is 10.9 Å². The number of anilines is 1. The number of hydrogen-bond donors (Lipinski definition) is 2. The molecule has 10 nitrogen and oxygen atoms in total. The number of nitrogens with one attached hydrogen (secondary N) is 1. The van der Waals surface area contributed by atoms with Gasteiger partial charge in [-0.05, 0) is 42.0 Å². The zero-order valence-electron chi connectivity index (χ0n) is 22.8. The van der Waals surface area contributed by atoms with E-state index >= 15 is 0 Å². The standard InChI is InChI=1S/C26H25ClN6O2S.C2HF3O2/c1-28-26-30-20-14-19(6-7-22(20)32(26)9-8-31-10-12-35-13-11-31)33-16-29-21-15-23(36-24(21)25(33)34)17-2-4-18(27)5-3-17;3-2(4,5)1(6)7/h2-7,14-16H,8-13H2,1H3,(H,28,30);(H,6,7). The average molecular weight is 635 g/mol. The van der Waals surface area contributed by atoms with Crippen molar-refractivity contribution >= 4 is 56.1 Å². The minimum Gasteiger partial charge on any atom is -0.475 e. The van der Waals surface area contributed by atoms with Gasteiger partial charge in [0.2, 0.25) is 5.95 Å². The molecule has 4 heterocycles. The Morgan fingerprint density at radius 3 is 2.44 bits per heavy atom. The molecule has 0 spiro atoms. The summed E-state index contributed by atoms with van der Waals surface area (Å²) >= 11 is 7.47. The minimum atomic E-state index is -5.08. The van der Waals surface area contributed by atoms with Crippen LogP contribution in [-0.4, -0.2) is 81.1 Å². The molecule has 1 saturated heterocycles. The van der Waals surface area contributed by atoms with Crippen LogP contribution in [0.3, 0.4) is 0 Å². The summed E-state index contributed by atoms with van der Waals surface area (Å²) in [5.41, 5.74) is 4.21. The van der Waals surface area contributed by atoms with Crippen LogP contribution in [0.25, 0.3) is 37.4 Å². The molecule has 2 aromatic carbocycles. The van der Waals surface area contributed by atoms with Gasteiger partial charge in [0, 0.05) is 43.1 Å². The van der Waals surface area contributed by atoms with Crippen molar-refractivity contribution in [3.63, 3.8) is 0 Å². The van der Waals surface area contributed by atoms with Crippen LogP contribution in [0.1, 0.15) is 0 Å². The van der Waals surface area contributed by atoms with Crippen molar-refractivity contribution in [3.05, 3.63) is 70.2 Å². The number of carboxylic acid groups (broad SMARTS) is 1. The van der Waals surface area contributed by atoms with Crippen LogP contribution in [-0.2, 0) is 16.1 Å². The number of imidazole rings is 1. The monoisotopic (exact) mass is 634 g/mol. The summed E-state index contributed by atoms with van der Waals surface area (Å²) in [6, 6.07) is 15.5. The lowest BCUT2D eigenvalue weighted by molar-refractivity contribution is -0.192. The zero-order valence-corrected chi connectivity index (χ0v) is 24.3. The number of halogens is 4. The van der Waals surface area contributed by atoms with Gasteiger partial charge < -0.3 is 19.7 Å². The van der Waals surface area contributed by atoms with Gasteiger partial charge in [-0.25, -0.2) is 14.8 Å². The molecule has 1 aliphatic rings. The van der Waals surface area contributed by atoms with E-state index in [4.69, 9.17) is 31.2 Å². The van der Waals surface area contributed by atoms with E-state index in [1.165, 1.54) is 11.3 Å². The second-order valence-electron chi connectivity index (χ2n) is 9.52. The highest BCUT2D eigenvalue weighted by molar-refractivity contribution is 7.22. The van der Waals surface area contributed by atoms with Crippen molar-refractivity contribution in [2.75, 3.05) is 45.2 Å². The fourth-order valence-corrected chi connectivity index (χ4v) is 5.78. The Kier molecular flexibility index (Phi) is 9.01. The summed E-state index contributed by atoms with van der Waals surface area (Å²) in [6.07, 6.45) is -3.49. The zero-order chi connectivity index (χ0) is 30.7. The lowest BCUT2D eigenvalue weighted by Gasteiger charge is -2.26. The van der Waals surface area contributed by atoms with E-state index in [1.807, 2.05) is 55.6 Å². The van der Waals surface area contributed by atoms with E-state index in [0.717, 1.165) is 72.5 Å². The average Bonchev–Trinajstić information content (AvgIpc) is 3.58. The molecule has 2 N–H and O–H groups in total. The van der Waals surface area contributed by atoms with Crippen LogP contribution in [0.5, 0.6) is 0 Å². The molecule has 5 aromatic rings. The number of hydrogen-bond acceptors (Lipinski definition) is 8. The highest BCUT2D eigenvalue weighted by Gasteiger charge is 2.38. The summed E-state index contributed by atoms with van der Waals surface area (Å²) in [5, 5.41) is 11.0. The number of thiophene rings is 1. The SMILES string of the molecule is CNc1nc2cc(-n3cnc4cc(-c5ccc(Cl)cc5)sc4c3=O)ccc2n1CCN1CCOCC1.O=C(O)C(F)(F)F. The first-order chi connectivity index (χ1) is 20.5. The van der Waals surface area contributed by atoms with Crippen LogP contribution in [0.4, 0.5) is 19.1 Å². The molecule has 1 aliphatic heterocycles. The second-order valence-corrected chi connectivity index (χ2v) is 11.0. The van der Waals surface area contributed by atoms with Gasteiger partial charge in [-0.2, -0.15) is 13.2 Å². The molecular weight excluding hydrogens is 609 g/mol. The number of nitrogens with zero attached hydrogens (tertiary/aromatic N) is 5. The van der Waals surface area contributed by atoms with Crippen LogP contribution >= 0.6 is 22.9 Å². The Hall–Kier alpha value is -3.98. The third-order valence-corrected chi connectivity index (χ3v) is 8.20. The van der Waals surface area contributed by atoms with Crippen molar-refractivity contribution < 1.29 is 27.8 Å². The number of carbonyl (C=O) groups is 1. The lowest BCUT2D eigenvalue weighted by atomic mass is 10.2. The number of ether oxygens (including phenoxy) is 1. The fraction of sp³-hybridized carbons (Fsp3) is 0.286. The minimum absolute atomic E-state index is 0.0925. The molecular formula is C28H26ClF3N6O4S. The smallest absolute Gasteiger partial charge is 0.475 e. The van der Waals surface area contributed by atoms with E-state index in [2.05, 4.69) is 19.8 Å². The quantitative estimate of drug-likeness (QED) is 0.265. The molecule has 0 aliphatic carbocycles. The van der Waals surface area contributed by atoms with Crippen molar-refractivity contribution in [3.8, 4) is 16.1 Å². The molecule has 0 radical (unpaired) electrons. The predicted molar refractivity (Wildman–Crippen MR) is 159 cm³/mol. The van der Waals surface area contributed by atoms with Gasteiger partial charge in [-0.1, -0.05) is 23.7 Å². The maximum Gasteiger partial charge on any atom is 0.490 e. The Bertz CT molecular complexity index is 1810. The summed E-state index contributed by atoms with van der Waals surface area (Å²) < 4.78 is 41.6. The Morgan fingerprint density at radius 2 is 1.79 bits per heavy atom. The maximum absolute atomic E-state index is 13.4. The molecule has 0 unspecified atom stereocenters. The van der Waals surface area contributed by atoms with Gasteiger partial charge >= 0.3 is 12.1 Å². The number of morpholine rings is 1. The molecule has 15 heteroatoms. The third kappa shape index (κ3) is 6.82. The van der Waals surface area contributed by atoms with Crippen molar-refractivity contribution in [1.82, 2.24) is 24.0 Å². The molecule has 0 atom stereocenters. The Morgan fingerprint density at radius 1 is 1.09 bits per heavy atom. The first kappa shape index (κ1) is 30.5. The Balaban J connectivity index is 0.000000472. The number of fused-ring (bicyclic) bond motifs is 2. The van der Waals surface area contributed by atoms with Crippen LogP contribution in [0.15, 0.2) is 59.7 Å². The number of alkyl halides is 3. The Labute approximate surface area is 251 Å². The largest absolute Gasteiger partial charge is 0.490 e. The van der Waals surface area contributed by atoms with Crippen LogP contribution in [0, 0.1) is 0 Å². The highest BCUT2D eigenvalue weighted by atomic mass is 35.5. The van der Waals surface area contributed by atoms with E-state index in [-0.39, 0.29) is 5.56 Å². The fourth-order valence-electron chi connectivity index (χ4n) is 4.60. The molecule has 3 aromatic heterocycles. The molecule has 43 heavy (non-hydrogen) atoms. The summed E-state index contributed by atoms with van der Waals surface area (Å²) in [7, 11) is 1.88. The van der Waals surface area contributed by atoms with E-state index < -0.39 is 12.1 Å². The number of aliphatic carboxylic acids is 1. The van der Waals surface area contributed by atoms with Gasteiger partial charge in [-0.3, -0.25) is 14.3 Å². The van der Waals surface area contributed by atoms with E-state index in [0.29, 0.717) is 15.2 Å². The summed E-state index contributed by atoms with van der Waals surface area (Å²) in [4.78, 5) is 35.1. The summed E-state index contributed by atoms with van der Waals surface area (Å²) in [6.45, 7) is 5.22. The molecule has 0 bridgehead atoms. The molecule has 1 fully saturated rings. The number of rotatable bonds is 6. The van der Waals surface area contributed by atoms with E-state index in [1.54, 1.807) is 10.9 Å². The molecule has 0 saturated carbocycles. The van der Waals surface area contributed by atoms with Gasteiger partial charge in [0.15, 0.2) is 0 Å². The molecule has 0 amide bonds. The first-order valence-electron chi connectivity index (χ1n) is 13.1. The number of carboxylic acids is 1. The predicted octanol–water partition coefficient (Wildman–Crippen LogP) is 5.12. The number of aromatic nitrogens is 4. The topological polar surface area (TPSA) is 115 Å². The van der Waals surface area contributed by atoms with Crippen molar-refractivity contribution in [1.29, 1.82) is 0 Å². The van der Waals surface area contributed by atoms with Crippen molar-refractivity contribution in [2.45, 2.75) is 12.7 Å². The summed E-state index contributed by atoms with van der Waals surface area (Å²) in [5.74, 6) is -1.95. The third-order valence-electron chi connectivity index (χ3n) is 6.79. The second kappa shape index (κ2) is 12.7. The number of benzene rings is 2. The molecule has 6 rings (SSSR count).